The number of hydrogen-bond donors (Lipinski definition) is 1. The Kier molecular flexibility index (Phi) is 15.1. The summed E-state index contributed by atoms with van der Waals surface area (Å²) >= 11 is 0. The molecule has 40 heavy (non-hydrogen) atoms. The van der Waals surface area contributed by atoms with Crippen LogP contribution in [0.25, 0.3) is 12.2 Å². The minimum Gasteiger partial charge on any atom is -0.378 e. The zero-order valence-corrected chi connectivity index (χ0v) is 23.5. The van der Waals surface area contributed by atoms with E-state index in [0.29, 0.717) is 85.5 Å². The summed E-state index contributed by atoms with van der Waals surface area (Å²) in [5.41, 5.74) is 9.57. The molecular formula is C31H44N3O6+. The maximum atomic E-state index is 13.3. The summed E-state index contributed by atoms with van der Waals surface area (Å²) in [5, 5.41) is 0. The van der Waals surface area contributed by atoms with Crippen molar-refractivity contribution in [2.75, 3.05) is 77.4 Å². The molecule has 0 fully saturated rings. The lowest BCUT2D eigenvalue weighted by Crippen LogP contribution is -2.31. The summed E-state index contributed by atoms with van der Waals surface area (Å²) < 4.78 is 22.5. The summed E-state index contributed by atoms with van der Waals surface area (Å²) in [7, 11) is 0. The highest BCUT2D eigenvalue weighted by atomic mass is 16.6. The number of nitrogens with zero attached hydrogens (tertiary/aromatic N) is 2. The number of nitrogens with two attached hydrogens (primary N) is 1. The van der Waals surface area contributed by atoms with Gasteiger partial charge in [0.2, 0.25) is 12.5 Å². The van der Waals surface area contributed by atoms with Crippen LogP contribution in [0.15, 0.2) is 48.5 Å². The zero-order valence-electron chi connectivity index (χ0n) is 23.5. The van der Waals surface area contributed by atoms with Crippen LogP contribution in [0, 0.1) is 4.91 Å². The number of unbranched alkanes of at least 4 members (excludes halogenated alkanes) is 2. The molecule has 2 aromatic rings. The largest absolute Gasteiger partial charge is 0.378 e. The third kappa shape index (κ3) is 11.7. The topological polar surface area (TPSA) is 103 Å². The number of carbonyl (C=O) groups is 1. The van der Waals surface area contributed by atoms with Crippen molar-refractivity contribution in [3.05, 3.63) is 70.1 Å². The van der Waals surface area contributed by atoms with Crippen LogP contribution in [0.5, 0.6) is 0 Å². The molecule has 218 valence electrons. The Hall–Kier alpha value is -2.95. The molecule has 0 atom stereocenters. The number of benzene rings is 2. The van der Waals surface area contributed by atoms with Crippen molar-refractivity contribution in [2.24, 2.45) is 5.73 Å². The molecule has 0 unspecified atom stereocenters. The second-order valence-electron chi connectivity index (χ2n) is 9.55. The lowest BCUT2D eigenvalue weighted by molar-refractivity contribution is -0.551. The van der Waals surface area contributed by atoms with Gasteiger partial charge in [0.1, 0.15) is 6.61 Å². The first-order valence-corrected chi connectivity index (χ1v) is 14.3. The molecule has 3 rings (SSSR count). The molecule has 0 saturated heterocycles. The van der Waals surface area contributed by atoms with Gasteiger partial charge in [0.15, 0.2) is 6.54 Å². The number of amides is 1. The predicted molar refractivity (Wildman–Crippen MR) is 157 cm³/mol. The molecule has 9 heteroatoms. The third-order valence-corrected chi connectivity index (χ3v) is 6.52. The summed E-state index contributed by atoms with van der Waals surface area (Å²) in [6, 6.07) is 16.2. The monoisotopic (exact) mass is 554 g/mol. The van der Waals surface area contributed by atoms with E-state index < -0.39 is 0 Å². The van der Waals surface area contributed by atoms with E-state index in [1.807, 2.05) is 41.3 Å². The van der Waals surface area contributed by atoms with Crippen molar-refractivity contribution in [2.45, 2.75) is 32.2 Å². The molecule has 1 amide bonds. The zero-order chi connectivity index (χ0) is 28.3. The Morgan fingerprint density at radius 3 is 2.05 bits per heavy atom. The first kappa shape index (κ1) is 31.6. The first-order valence-electron chi connectivity index (χ1n) is 14.3. The van der Waals surface area contributed by atoms with Crippen LogP contribution in [0.2, 0.25) is 0 Å². The first-order chi connectivity index (χ1) is 19.7. The number of rotatable bonds is 20. The summed E-state index contributed by atoms with van der Waals surface area (Å²) in [6.07, 6.45) is 6.97. The van der Waals surface area contributed by atoms with Gasteiger partial charge in [-0.15, -0.1) is 0 Å². The average Bonchev–Trinajstić information content (AvgIpc) is 2.96. The number of nitroso groups, excluding NO2 is 1. The lowest BCUT2D eigenvalue weighted by atomic mass is 10.0. The van der Waals surface area contributed by atoms with Gasteiger partial charge in [0, 0.05) is 29.1 Å². The second kappa shape index (κ2) is 19.2. The van der Waals surface area contributed by atoms with Gasteiger partial charge >= 0.3 is 0 Å². The fraction of sp³-hybridized carbons (Fsp3) is 0.516. The van der Waals surface area contributed by atoms with E-state index in [4.69, 9.17) is 24.7 Å². The second-order valence-corrected chi connectivity index (χ2v) is 9.55. The van der Waals surface area contributed by atoms with Gasteiger partial charge in [-0.05, 0) is 35.6 Å². The molecule has 0 spiro atoms. The number of para-hydroxylation sites is 1. The van der Waals surface area contributed by atoms with Crippen LogP contribution in [-0.2, 0) is 30.3 Å². The van der Waals surface area contributed by atoms with E-state index in [2.05, 4.69) is 24.3 Å². The quantitative estimate of drug-likeness (QED) is 0.194. The summed E-state index contributed by atoms with van der Waals surface area (Å²) in [4.78, 5) is 27.3. The SMILES string of the molecule is NCCOCCOCCOCCOCC[N+](=O)CCCCCC(=O)N1Cc2ccccc2C=Cc2ccccc21. The highest BCUT2D eigenvalue weighted by Crippen LogP contribution is 2.29. The van der Waals surface area contributed by atoms with Gasteiger partial charge in [-0.2, -0.15) is 0 Å². The van der Waals surface area contributed by atoms with Gasteiger partial charge in [-0.25, -0.2) is 0 Å². The molecule has 1 heterocycles. The van der Waals surface area contributed by atoms with Gasteiger partial charge in [-0.3, -0.25) is 4.79 Å². The number of fused-ring (bicyclic) bond motifs is 2. The Labute approximate surface area is 237 Å². The molecule has 0 aliphatic carbocycles. The average molecular weight is 555 g/mol. The molecule has 1 aliphatic rings. The maximum absolute atomic E-state index is 13.3. The van der Waals surface area contributed by atoms with Gasteiger partial charge in [0.25, 0.3) is 0 Å². The number of carbonyl (C=O) groups excluding carboxylic acids is 1. The lowest BCUT2D eigenvalue weighted by Gasteiger charge is -2.27. The highest BCUT2D eigenvalue weighted by Gasteiger charge is 2.20. The Morgan fingerprint density at radius 1 is 0.725 bits per heavy atom. The summed E-state index contributed by atoms with van der Waals surface area (Å²) in [5.74, 6) is 0.107. The minimum atomic E-state index is 0.107. The molecule has 0 radical (unpaired) electrons. The van der Waals surface area contributed by atoms with Crippen LogP contribution >= 0.6 is 0 Å². The van der Waals surface area contributed by atoms with Crippen LogP contribution < -0.4 is 10.6 Å². The molecule has 0 saturated carbocycles. The summed E-state index contributed by atoms with van der Waals surface area (Å²) in [6.45, 7) is 5.68. The minimum absolute atomic E-state index is 0.107. The molecule has 9 nitrogen and oxygen atoms in total. The van der Waals surface area contributed by atoms with E-state index in [9.17, 15) is 9.70 Å². The molecule has 1 aliphatic heterocycles. The van der Waals surface area contributed by atoms with E-state index in [1.165, 1.54) is 0 Å². The van der Waals surface area contributed by atoms with Crippen molar-refractivity contribution in [3.8, 4) is 0 Å². The van der Waals surface area contributed by atoms with Gasteiger partial charge in [-0.1, -0.05) is 54.6 Å². The van der Waals surface area contributed by atoms with Crippen molar-refractivity contribution in [3.63, 3.8) is 0 Å². The van der Waals surface area contributed by atoms with Crippen LogP contribution in [0.4, 0.5) is 5.69 Å². The molecule has 2 N–H and O–H groups in total. The Bertz CT molecular complexity index is 1060. The standard InChI is InChI=1S/C31H44N3O6/c32-15-18-37-20-22-39-24-25-40-23-21-38-19-17-33(36)16-7-1-2-12-31(35)34-26-29-10-4-3-8-27(29)13-14-28-9-5-6-11-30(28)34/h3-6,8-11,13-14H,1-2,7,12,15-26,32H2/q+1. The molecule has 0 aromatic heterocycles. The van der Waals surface area contributed by atoms with Crippen LogP contribution in [0.1, 0.15) is 42.4 Å². The van der Waals surface area contributed by atoms with E-state index in [1.54, 1.807) is 0 Å². The highest BCUT2D eigenvalue weighted by molar-refractivity contribution is 5.97. The van der Waals surface area contributed by atoms with Crippen molar-refractivity contribution < 1.29 is 28.5 Å². The van der Waals surface area contributed by atoms with Crippen LogP contribution in [-0.4, -0.2) is 83.2 Å². The molecular weight excluding hydrogens is 510 g/mol. The van der Waals surface area contributed by atoms with Crippen molar-refractivity contribution in [1.82, 2.24) is 0 Å². The number of ether oxygens (including phenoxy) is 4. The maximum Gasteiger partial charge on any atom is 0.227 e. The van der Waals surface area contributed by atoms with Crippen molar-refractivity contribution >= 4 is 23.7 Å². The number of hydrogen-bond acceptors (Lipinski definition) is 7. The predicted octanol–water partition coefficient (Wildman–Crippen LogP) is 4.07. The van der Waals surface area contributed by atoms with E-state index in [-0.39, 0.29) is 5.91 Å². The third-order valence-electron chi connectivity index (χ3n) is 6.52. The number of anilines is 1. The Morgan fingerprint density at radius 2 is 1.32 bits per heavy atom. The van der Waals surface area contributed by atoms with Crippen molar-refractivity contribution in [1.29, 1.82) is 0 Å². The molecule has 0 bridgehead atoms. The van der Waals surface area contributed by atoms with Gasteiger partial charge < -0.3 is 29.6 Å². The van der Waals surface area contributed by atoms with Crippen LogP contribution in [0.3, 0.4) is 0 Å². The normalized spacial score (nSPS) is 12.5. The molecule has 2 aromatic carbocycles. The Balaban J connectivity index is 1.24. The van der Waals surface area contributed by atoms with E-state index >= 15 is 0 Å². The van der Waals surface area contributed by atoms with Gasteiger partial charge in [0.05, 0.1) is 58.5 Å². The fourth-order valence-corrected chi connectivity index (χ4v) is 4.37. The fourth-order valence-electron chi connectivity index (χ4n) is 4.37. The smallest absolute Gasteiger partial charge is 0.227 e. The van der Waals surface area contributed by atoms with E-state index in [0.717, 1.165) is 46.4 Å².